The van der Waals surface area contributed by atoms with Gasteiger partial charge in [0, 0.05) is 35.4 Å². The molecule has 3 aromatic carbocycles. The van der Waals surface area contributed by atoms with Crippen molar-refractivity contribution in [3.8, 4) is 22.4 Å². The molecule has 0 saturated carbocycles. The maximum Gasteiger partial charge on any atom is 0.216 e. The fraction of sp³-hybridized carbons (Fsp3) is 0.172. The summed E-state index contributed by atoms with van der Waals surface area (Å²) in [7, 11) is 2.10. The van der Waals surface area contributed by atoms with Crippen molar-refractivity contribution in [1.29, 1.82) is 0 Å². The van der Waals surface area contributed by atoms with Crippen LogP contribution in [0.3, 0.4) is 0 Å². The van der Waals surface area contributed by atoms with Crippen LogP contribution in [0.4, 0.5) is 5.69 Å². The first-order valence-electron chi connectivity index (χ1n) is 10.8. The number of pyridine rings is 1. The quantitative estimate of drug-likeness (QED) is 0.215. The van der Waals surface area contributed by atoms with Gasteiger partial charge in [0.25, 0.3) is 0 Å². The van der Waals surface area contributed by atoms with Crippen LogP contribution in [-0.4, -0.2) is 0 Å². The van der Waals surface area contributed by atoms with Crippen molar-refractivity contribution in [1.82, 2.24) is 0 Å². The van der Waals surface area contributed by atoms with Crippen molar-refractivity contribution in [2.45, 2.75) is 27.7 Å². The number of fused-ring (bicyclic) bond motifs is 3. The Balaban J connectivity index is 1.92. The Hall–Kier alpha value is -3.90. The highest BCUT2D eigenvalue weighted by molar-refractivity contribution is 6.15. The van der Waals surface area contributed by atoms with Gasteiger partial charge < -0.3 is 4.42 Å². The molecule has 0 bridgehead atoms. The van der Waals surface area contributed by atoms with Gasteiger partial charge in [-0.25, -0.2) is 4.85 Å². The van der Waals surface area contributed by atoms with E-state index in [1.165, 1.54) is 22.4 Å². The second-order valence-electron chi connectivity index (χ2n) is 8.67. The molecule has 2 heterocycles. The minimum atomic E-state index is 0.607. The predicted molar refractivity (Wildman–Crippen MR) is 131 cm³/mol. The summed E-state index contributed by atoms with van der Waals surface area (Å²) in [6.07, 6.45) is 0. The molecule has 0 saturated heterocycles. The second kappa shape index (κ2) is 7.35. The monoisotopic (exact) mass is 417 g/mol. The van der Waals surface area contributed by atoms with Gasteiger partial charge in [0.2, 0.25) is 5.69 Å². The fourth-order valence-corrected chi connectivity index (χ4v) is 4.61. The Kier molecular flexibility index (Phi) is 4.60. The molecular weight excluding hydrogens is 392 g/mol. The van der Waals surface area contributed by atoms with Gasteiger partial charge in [0.05, 0.1) is 12.1 Å². The normalized spacial score (nSPS) is 11.2. The van der Waals surface area contributed by atoms with Gasteiger partial charge in [0.15, 0.2) is 11.4 Å². The van der Waals surface area contributed by atoms with Crippen LogP contribution in [0.5, 0.6) is 0 Å². The van der Waals surface area contributed by atoms with Crippen LogP contribution in [0, 0.1) is 34.3 Å². The highest BCUT2D eigenvalue weighted by atomic mass is 16.3. The molecule has 0 atom stereocenters. The van der Waals surface area contributed by atoms with Gasteiger partial charge in [-0.1, -0.05) is 54.1 Å². The smallest absolute Gasteiger partial charge is 0.216 e. The number of aromatic nitrogens is 1. The Morgan fingerprint density at radius 3 is 2.09 bits per heavy atom. The minimum absolute atomic E-state index is 0.607. The van der Waals surface area contributed by atoms with E-state index in [-0.39, 0.29) is 0 Å². The van der Waals surface area contributed by atoms with Crippen LogP contribution in [0.15, 0.2) is 65.1 Å². The van der Waals surface area contributed by atoms with Crippen molar-refractivity contribution in [3.05, 3.63) is 94.5 Å². The Morgan fingerprint density at radius 2 is 1.41 bits per heavy atom. The van der Waals surface area contributed by atoms with Crippen molar-refractivity contribution < 1.29 is 8.98 Å². The van der Waals surface area contributed by atoms with E-state index in [1.54, 1.807) is 0 Å². The van der Waals surface area contributed by atoms with Crippen LogP contribution < -0.4 is 4.57 Å². The number of rotatable bonds is 2. The molecular formula is C29H25N2O+. The molecule has 2 aromatic heterocycles. The molecule has 3 heteroatoms. The Labute approximate surface area is 188 Å². The predicted octanol–water partition coefficient (Wildman–Crippen LogP) is 7.53. The first-order chi connectivity index (χ1) is 15.4. The number of hydrogen-bond acceptors (Lipinski definition) is 1. The highest BCUT2D eigenvalue weighted by Crippen LogP contribution is 2.44. The standard InChI is InChI=1S/C29H25N2O/c1-17-7-10-21(11-8-17)27-24(30-5)14-13-23-22-12-9-19(3)26(28(22)32-29(23)27)25-16-18(2)15-20(4)31(25)6/h7-16H,1-4,6H3/q+1. The van der Waals surface area contributed by atoms with Crippen LogP contribution in [0.25, 0.3) is 49.2 Å². The molecule has 32 heavy (non-hydrogen) atoms. The lowest BCUT2D eigenvalue weighted by atomic mass is 9.97. The lowest BCUT2D eigenvalue weighted by Gasteiger charge is -2.08. The van der Waals surface area contributed by atoms with E-state index >= 15 is 0 Å². The molecule has 0 aliphatic carbocycles. The van der Waals surface area contributed by atoms with E-state index in [4.69, 9.17) is 11.0 Å². The topological polar surface area (TPSA) is 21.4 Å². The van der Waals surface area contributed by atoms with Crippen LogP contribution in [0.1, 0.15) is 22.4 Å². The van der Waals surface area contributed by atoms with Crippen LogP contribution in [0.2, 0.25) is 0 Å². The van der Waals surface area contributed by atoms with E-state index in [2.05, 4.69) is 92.7 Å². The molecule has 5 rings (SSSR count). The third kappa shape index (κ3) is 2.99. The van der Waals surface area contributed by atoms with E-state index in [0.717, 1.165) is 44.3 Å². The summed E-state index contributed by atoms with van der Waals surface area (Å²) in [5.74, 6) is 0. The number of furan rings is 1. The summed E-state index contributed by atoms with van der Waals surface area (Å²) in [6.45, 7) is 16.2. The average molecular weight is 418 g/mol. The number of benzene rings is 3. The molecule has 5 aromatic rings. The molecule has 3 nitrogen and oxygen atoms in total. The van der Waals surface area contributed by atoms with Gasteiger partial charge >= 0.3 is 0 Å². The van der Waals surface area contributed by atoms with E-state index in [9.17, 15) is 0 Å². The SMILES string of the molecule is [C-]#[N+]c1ccc2c(oc3c(-c4cc(C)cc(C)[n+]4C)c(C)ccc32)c1-c1ccc(C)cc1. The third-order valence-electron chi connectivity index (χ3n) is 6.40. The van der Waals surface area contributed by atoms with Crippen molar-refractivity contribution >= 4 is 27.6 Å². The summed E-state index contributed by atoms with van der Waals surface area (Å²) in [5.41, 5.74) is 11.1. The molecule has 0 aliphatic heterocycles. The summed E-state index contributed by atoms with van der Waals surface area (Å²) in [6, 6.07) is 20.9. The maximum atomic E-state index is 7.75. The first kappa shape index (κ1) is 20.0. The Morgan fingerprint density at radius 1 is 0.750 bits per heavy atom. The largest absolute Gasteiger partial charge is 0.456 e. The zero-order valence-electron chi connectivity index (χ0n) is 19.1. The second-order valence-corrected chi connectivity index (χ2v) is 8.67. The van der Waals surface area contributed by atoms with Crippen molar-refractivity contribution in [3.63, 3.8) is 0 Å². The Bertz CT molecular complexity index is 1560. The summed E-state index contributed by atoms with van der Waals surface area (Å²) < 4.78 is 8.87. The minimum Gasteiger partial charge on any atom is -0.456 e. The molecule has 0 unspecified atom stereocenters. The highest BCUT2D eigenvalue weighted by Gasteiger charge is 2.24. The van der Waals surface area contributed by atoms with Crippen LogP contribution >= 0.6 is 0 Å². The van der Waals surface area contributed by atoms with Gasteiger partial charge in [-0.2, -0.15) is 4.57 Å². The fourth-order valence-electron chi connectivity index (χ4n) is 4.61. The molecule has 0 amide bonds. The number of hydrogen-bond donors (Lipinski definition) is 0. The third-order valence-corrected chi connectivity index (χ3v) is 6.40. The molecule has 0 fully saturated rings. The van der Waals surface area contributed by atoms with E-state index < -0.39 is 0 Å². The lowest BCUT2D eigenvalue weighted by Crippen LogP contribution is -2.35. The number of nitrogens with zero attached hydrogens (tertiary/aromatic N) is 2. The summed E-state index contributed by atoms with van der Waals surface area (Å²) in [5, 5.41) is 2.11. The maximum absolute atomic E-state index is 7.75. The van der Waals surface area contributed by atoms with Gasteiger partial charge in [-0.05, 0) is 37.5 Å². The van der Waals surface area contributed by atoms with Gasteiger partial charge in [0.1, 0.15) is 18.2 Å². The molecule has 0 radical (unpaired) electrons. The van der Waals surface area contributed by atoms with Crippen molar-refractivity contribution in [2.24, 2.45) is 7.05 Å². The number of aryl methyl sites for hydroxylation is 4. The molecule has 0 N–H and O–H groups in total. The molecule has 156 valence electrons. The zero-order valence-corrected chi connectivity index (χ0v) is 19.1. The summed E-state index contributed by atoms with van der Waals surface area (Å²) >= 11 is 0. The van der Waals surface area contributed by atoms with Gasteiger partial charge in [-0.3, -0.25) is 0 Å². The first-order valence-corrected chi connectivity index (χ1v) is 10.8. The molecule has 0 aliphatic rings. The molecule has 0 spiro atoms. The van der Waals surface area contributed by atoms with E-state index in [0.29, 0.717) is 5.69 Å². The van der Waals surface area contributed by atoms with E-state index in [1.807, 2.05) is 12.1 Å². The zero-order chi connectivity index (χ0) is 22.6. The average Bonchev–Trinajstić information content (AvgIpc) is 3.15. The van der Waals surface area contributed by atoms with Crippen LogP contribution in [-0.2, 0) is 7.05 Å². The van der Waals surface area contributed by atoms with Gasteiger partial charge in [-0.15, -0.1) is 0 Å². The summed E-state index contributed by atoms with van der Waals surface area (Å²) in [4.78, 5) is 3.81. The van der Waals surface area contributed by atoms with Crippen molar-refractivity contribution in [2.75, 3.05) is 0 Å². The lowest BCUT2D eigenvalue weighted by molar-refractivity contribution is -0.666.